The van der Waals surface area contributed by atoms with E-state index in [2.05, 4.69) is 22.9 Å². The van der Waals surface area contributed by atoms with Gasteiger partial charge in [0.05, 0.1) is 25.0 Å². The highest BCUT2D eigenvalue weighted by Crippen LogP contribution is 2.20. The summed E-state index contributed by atoms with van der Waals surface area (Å²) in [5.41, 5.74) is -0.325. The Balaban J connectivity index is 2.06. The molecule has 164 valence electrons. The van der Waals surface area contributed by atoms with Gasteiger partial charge in [0, 0.05) is 4.47 Å². The van der Waals surface area contributed by atoms with E-state index in [-0.39, 0.29) is 22.9 Å². The topological polar surface area (TPSA) is 52.6 Å². The van der Waals surface area contributed by atoms with Crippen molar-refractivity contribution in [2.75, 3.05) is 6.61 Å². The Kier molecular flexibility index (Phi) is 13.5. The van der Waals surface area contributed by atoms with E-state index in [0.717, 1.165) is 31.4 Å². The molecule has 0 amide bonds. The number of carbonyl (C=O) groups is 2. The molecule has 0 aliphatic heterocycles. The number of halogens is 3. The number of hydrogen-bond donors (Lipinski definition) is 0. The lowest BCUT2D eigenvalue weighted by molar-refractivity contribution is -0.151. The number of hydrogen-bond acceptors (Lipinski definition) is 4. The van der Waals surface area contributed by atoms with Crippen molar-refractivity contribution >= 4 is 27.9 Å². The number of carbonyl (C=O) groups excluding carboxylic acids is 2. The van der Waals surface area contributed by atoms with Gasteiger partial charge in [-0.1, -0.05) is 74.2 Å². The number of rotatable bonds is 15. The van der Waals surface area contributed by atoms with Gasteiger partial charge in [-0.05, 0) is 18.6 Å². The molecule has 0 N–H and O–H groups in total. The lowest BCUT2D eigenvalue weighted by Gasteiger charge is -2.08. The first-order valence-electron chi connectivity index (χ1n) is 10.4. The van der Waals surface area contributed by atoms with Gasteiger partial charge in [-0.3, -0.25) is 9.59 Å². The quantitative estimate of drug-likeness (QED) is 0.210. The van der Waals surface area contributed by atoms with Crippen LogP contribution in [0.3, 0.4) is 0 Å². The normalized spacial score (nSPS) is 10.8. The smallest absolute Gasteiger partial charge is 0.306 e. The van der Waals surface area contributed by atoms with Gasteiger partial charge in [-0.15, -0.1) is 0 Å². The highest BCUT2D eigenvalue weighted by atomic mass is 79.9. The van der Waals surface area contributed by atoms with E-state index in [0.29, 0.717) is 6.61 Å². The zero-order chi connectivity index (χ0) is 21.5. The Bertz CT molecular complexity index is 614. The third-order valence-corrected chi connectivity index (χ3v) is 4.99. The second-order valence-electron chi connectivity index (χ2n) is 7.06. The molecule has 1 aromatic carbocycles. The van der Waals surface area contributed by atoms with Gasteiger partial charge >= 0.3 is 11.9 Å². The van der Waals surface area contributed by atoms with Crippen molar-refractivity contribution in [1.82, 2.24) is 0 Å². The summed E-state index contributed by atoms with van der Waals surface area (Å²) in [7, 11) is 0. The van der Waals surface area contributed by atoms with E-state index < -0.39 is 30.2 Å². The molecule has 0 aromatic heterocycles. The molecular weight excluding hydrogens is 446 g/mol. The van der Waals surface area contributed by atoms with E-state index >= 15 is 0 Å². The van der Waals surface area contributed by atoms with Crippen molar-refractivity contribution in [1.29, 1.82) is 0 Å². The minimum Gasteiger partial charge on any atom is -0.466 e. The SMILES string of the molecule is CCCCCCCCCCCOC(=O)CCC(=O)OCc1c(F)cc(Br)cc1F. The maximum Gasteiger partial charge on any atom is 0.306 e. The predicted octanol–water partition coefficient (Wildman–Crippen LogP) is 6.62. The summed E-state index contributed by atoms with van der Waals surface area (Å²) in [5, 5.41) is 0. The van der Waals surface area contributed by atoms with Crippen LogP contribution in [0.4, 0.5) is 8.78 Å². The van der Waals surface area contributed by atoms with Crippen LogP contribution in [-0.2, 0) is 25.7 Å². The first-order valence-corrected chi connectivity index (χ1v) is 11.2. The molecule has 0 radical (unpaired) electrons. The molecule has 1 rings (SSSR count). The average Bonchev–Trinajstić information content (AvgIpc) is 2.67. The van der Waals surface area contributed by atoms with Crippen molar-refractivity contribution in [3.8, 4) is 0 Å². The summed E-state index contributed by atoms with van der Waals surface area (Å²) in [4.78, 5) is 23.3. The maximum absolute atomic E-state index is 13.7. The van der Waals surface area contributed by atoms with Crippen molar-refractivity contribution < 1.29 is 27.8 Å². The molecule has 0 bridgehead atoms. The molecule has 0 aliphatic carbocycles. The zero-order valence-corrected chi connectivity index (χ0v) is 18.7. The summed E-state index contributed by atoms with van der Waals surface area (Å²) in [6.45, 7) is 2.03. The fourth-order valence-electron chi connectivity index (χ4n) is 2.81. The molecule has 29 heavy (non-hydrogen) atoms. The van der Waals surface area contributed by atoms with E-state index in [4.69, 9.17) is 9.47 Å². The second-order valence-corrected chi connectivity index (χ2v) is 7.97. The third-order valence-electron chi connectivity index (χ3n) is 4.53. The van der Waals surface area contributed by atoms with Gasteiger partial charge in [-0.25, -0.2) is 8.78 Å². The number of unbranched alkanes of at least 4 members (excludes halogenated alkanes) is 8. The summed E-state index contributed by atoms with van der Waals surface area (Å²) in [6.07, 6.45) is 10.3. The number of ether oxygens (including phenoxy) is 2. The summed E-state index contributed by atoms with van der Waals surface area (Å²) < 4.78 is 37.5. The van der Waals surface area contributed by atoms with Crippen LogP contribution in [0, 0.1) is 11.6 Å². The van der Waals surface area contributed by atoms with Gasteiger partial charge in [0.2, 0.25) is 0 Å². The Morgan fingerprint density at radius 3 is 1.86 bits per heavy atom. The lowest BCUT2D eigenvalue weighted by atomic mass is 10.1. The second kappa shape index (κ2) is 15.4. The Morgan fingerprint density at radius 2 is 1.31 bits per heavy atom. The minimum absolute atomic E-state index is 0.110. The van der Waals surface area contributed by atoms with Gasteiger partial charge in [0.1, 0.15) is 18.2 Å². The predicted molar refractivity (Wildman–Crippen MR) is 111 cm³/mol. The molecule has 0 saturated carbocycles. The van der Waals surface area contributed by atoms with Crippen molar-refractivity contribution in [2.45, 2.75) is 84.2 Å². The van der Waals surface area contributed by atoms with Crippen molar-refractivity contribution in [2.24, 2.45) is 0 Å². The summed E-state index contributed by atoms with van der Waals surface area (Å²) in [5.74, 6) is -2.77. The molecule has 0 fully saturated rings. The van der Waals surface area contributed by atoms with Crippen molar-refractivity contribution in [3.05, 3.63) is 33.8 Å². The van der Waals surface area contributed by atoms with Crippen LogP contribution in [0.5, 0.6) is 0 Å². The molecule has 0 atom stereocenters. The Labute approximate surface area is 180 Å². The first kappa shape index (κ1) is 25.5. The molecule has 0 unspecified atom stereocenters. The molecule has 0 saturated heterocycles. The van der Waals surface area contributed by atoms with Gasteiger partial charge in [-0.2, -0.15) is 0 Å². The monoisotopic (exact) mass is 476 g/mol. The standard InChI is InChI=1S/C22H31BrF2O4/c1-2-3-4-5-6-7-8-9-10-13-28-21(26)11-12-22(27)29-16-18-19(24)14-17(23)15-20(18)25/h14-15H,2-13,16H2,1H3. The molecule has 1 aromatic rings. The summed E-state index contributed by atoms with van der Waals surface area (Å²) in [6, 6.07) is 2.19. The van der Waals surface area contributed by atoms with Gasteiger partial charge in [0.25, 0.3) is 0 Å². The van der Waals surface area contributed by atoms with E-state index in [1.807, 2.05) is 0 Å². The maximum atomic E-state index is 13.7. The van der Waals surface area contributed by atoms with Crippen LogP contribution in [-0.4, -0.2) is 18.5 Å². The van der Waals surface area contributed by atoms with Crippen LogP contribution in [0.15, 0.2) is 16.6 Å². The van der Waals surface area contributed by atoms with E-state index in [1.54, 1.807) is 0 Å². The third kappa shape index (κ3) is 11.9. The lowest BCUT2D eigenvalue weighted by Crippen LogP contribution is -2.12. The first-order chi connectivity index (χ1) is 13.9. The van der Waals surface area contributed by atoms with Crippen LogP contribution < -0.4 is 0 Å². The van der Waals surface area contributed by atoms with Crippen LogP contribution in [0.1, 0.15) is 83.1 Å². The Hall–Kier alpha value is -1.50. The zero-order valence-electron chi connectivity index (χ0n) is 17.1. The molecular formula is C22H31BrF2O4. The molecule has 7 heteroatoms. The Morgan fingerprint density at radius 1 is 0.828 bits per heavy atom. The highest BCUT2D eigenvalue weighted by molar-refractivity contribution is 9.10. The number of esters is 2. The molecule has 4 nitrogen and oxygen atoms in total. The van der Waals surface area contributed by atoms with E-state index in [1.165, 1.54) is 38.5 Å². The molecule has 0 heterocycles. The fourth-order valence-corrected chi connectivity index (χ4v) is 3.21. The fraction of sp³-hybridized carbons (Fsp3) is 0.636. The van der Waals surface area contributed by atoms with E-state index in [9.17, 15) is 18.4 Å². The molecule has 0 aliphatic rings. The van der Waals surface area contributed by atoms with Gasteiger partial charge < -0.3 is 9.47 Å². The van der Waals surface area contributed by atoms with Crippen LogP contribution >= 0.6 is 15.9 Å². The largest absolute Gasteiger partial charge is 0.466 e. The minimum atomic E-state index is -0.801. The average molecular weight is 477 g/mol. The van der Waals surface area contributed by atoms with Crippen molar-refractivity contribution in [3.63, 3.8) is 0 Å². The van der Waals surface area contributed by atoms with Crippen LogP contribution in [0.25, 0.3) is 0 Å². The van der Waals surface area contributed by atoms with Crippen LogP contribution in [0.2, 0.25) is 0 Å². The number of benzene rings is 1. The highest BCUT2D eigenvalue weighted by Gasteiger charge is 2.14. The summed E-state index contributed by atoms with van der Waals surface area (Å²) >= 11 is 2.98. The molecule has 0 spiro atoms. The van der Waals surface area contributed by atoms with Gasteiger partial charge in [0.15, 0.2) is 0 Å².